The molecule has 0 spiro atoms. The van der Waals surface area contributed by atoms with Crippen LogP contribution in [0.5, 0.6) is 0 Å². The second-order valence-corrected chi connectivity index (χ2v) is 5.10. The smallest absolute Gasteiger partial charge is 0.241 e. The third-order valence-electron chi connectivity index (χ3n) is 3.71. The fourth-order valence-corrected chi connectivity index (χ4v) is 2.25. The number of hydrogen-bond acceptors (Lipinski definition) is 3. The van der Waals surface area contributed by atoms with Crippen LogP contribution in [0.15, 0.2) is 30.3 Å². The van der Waals surface area contributed by atoms with Gasteiger partial charge in [-0.1, -0.05) is 37.3 Å². The first kappa shape index (κ1) is 14.0. The van der Waals surface area contributed by atoms with Crippen LogP contribution < -0.4 is 5.32 Å². The third kappa shape index (κ3) is 3.78. The van der Waals surface area contributed by atoms with Gasteiger partial charge in [-0.2, -0.15) is 0 Å². The van der Waals surface area contributed by atoms with E-state index >= 15 is 0 Å². The highest BCUT2D eigenvalue weighted by atomic mass is 16.2. The average Bonchev–Trinajstić information content (AvgIpc) is 2.78. The number of carbonyl (C=O) groups is 1. The first-order valence-electron chi connectivity index (χ1n) is 6.95. The molecule has 0 aliphatic carbocycles. The van der Waals surface area contributed by atoms with Gasteiger partial charge >= 0.3 is 0 Å². The Morgan fingerprint density at radius 3 is 2.79 bits per heavy atom. The van der Waals surface area contributed by atoms with E-state index in [9.17, 15) is 4.79 Å². The number of nitrogens with zero attached hydrogens (tertiary/aromatic N) is 2. The molecule has 1 fully saturated rings. The molecule has 4 nitrogen and oxygen atoms in total. The molecule has 0 radical (unpaired) electrons. The van der Waals surface area contributed by atoms with Gasteiger partial charge in [-0.25, -0.2) is 0 Å². The van der Waals surface area contributed by atoms with Gasteiger partial charge in [0.05, 0.1) is 12.7 Å². The highest BCUT2D eigenvalue weighted by molar-refractivity contribution is 5.84. The second kappa shape index (κ2) is 6.68. The summed E-state index contributed by atoms with van der Waals surface area (Å²) in [5.41, 5.74) is 1.21. The van der Waals surface area contributed by atoms with Crippen molar-refractivity contribution in [2.24, 2.45) is 0 Å². The number of carbonyl (C=O) groups excluding carboxylic acids is 1. The first-order chi connectivity index (χ1) is 9.20. The quantitative estimate of drug-likeness (QED) is 0.828. The molecule has 1 heterocycles. The van der Waals surface area contributed by atoms with Crippen molar-refractivity contribution < 1.29 is 4.79 Å². The van der Waals surface area contributed by atoms with Gasteiger partial charge in [-0.05, 0) is 25.6 Å². The molecule has 0 bridgehead atoms. The van der Waals surface area contributed by atoms with Gasteiger partial charge in [0.15, 0.2) is 0 Å². The minimum Gasteiger partial charge on any atom is -0.327 e. The van der Waals surface area contributed by atoms with Gasteiger partial charge in [0.25, 0.3) is 0 Å². The molecule has 2 rings (SSSR count). The standard InChI is InChI=1S/C15H23N3O/c1-3-17(2)9-10-18-12-16-14(15(18)19)11-13-7-5-4-6-8-13/h4-8,14,16H,3,9-12H2,1-2H3. The summed E-state index contributed by atoms with van der Waals surface area (Å²) in [6.07, 6.45) is 0.778. The van der Waals surface area contributed by atoms with Gasteiger partial charge < -0.3 is 9.80 Å². The Morgan fingerprint density at radius 2 is 2.11 bits per heavy atom. The molecule has 0 saturated carbocycles. The average molecular weight is 261 g/mol. The number of nitrogens with one attached hydrogen (secondary N) is 1. The van der Waals surface area contributed by atoms with Crippen LogP contribution in [-0.2, 0) is 11.2 Å². The zero-order chi connectivity index (χ0) is 13.7. The van der Waals surface area contributed by atoms with E-state index in [1.54, 1.807) is 0 Å². The summed E-state index contributed by atoms with van der Waals surface area (Å²) in [7, 11) is 2.08. The number of amides is 1. The molecule has 19 heavy (non-hydrogen) atoms. The van der Waals surface area contributed by atoms with Crippen LogP contribution in [0.25, 0.3) is 0 Å². The maximum absolute atomic E-state index is 12.3. The fraction of sp³-hybridized carbons (Fsp3) is 0.533. The minimum absolute atomic E-state index is 0.0608. The van der Waals surface area contributed by atoms with Crippen molar-refractivity contribution in [1.82, 2.24) is 15.1 Å². The molecule has 4 heteroatoms. The normalized spacial score (nSPS) is 19.4. The second-order valence-electron chi connectivity index (χ2n) is 5.10. The van der Waals surface area contributed by atoms with Crippen molar-refractivity contribution in [3.63, 3.8) is 0 Å². The van der Waals surface area contributed by atoms with Crippen molar-refractivity contribution in [2.75, 3.05) is 33.4 Å². The van der Waals surface area contributed by atoms with Crippen LogP contribution in [0, 0.1) is 0 Å². The fourth-order valence-electron chi connectivity index (χ4n) is 2.25. The molecular formula is C15H23N3O. The zero-order valence-corrected chi connectivity index (χ0v) is 11.8. The summed E-state index contributed by atoms with van der Waals surface area (Å²) >= 11 is 0. The summed E-state index contributed by atoms with van der Waals surface area (Å²) < 4.78 is 0. The summed E-state index contributed by atoms with van der Waals surface area (Å²) in [6, 6.07) is 10.1. The van der Waals surface area contributed by atoms with E-state index in [1.807, 2.05) is 23.1 Å². The highest BCUT2D eigenvalue weighted by Crippen LogP contribution is 2.10. The molecule has 1 aliphatic rings. The topological polar surface area (TPSA) is 35.6 Å². The number of hydrogen-bond donors (Lipinski definition) is 1. The van der Waals surface area contributed by atoms with Crippen LogP contribution in [-0.4, -0.2) is 55.1 Å². The number of benzene rings is 1. The van der Waals surface area contributed by atoms with Crippen LogP contribution >= 0.6 is 0 Å². The van der Waals surface area contributed by atoms with Crippen LogP contribution in [0.1, 0.15) is 12.5 Å². The lowest BCUT2D eigenvalue weighted by Gasteiger charge is -2.20. The summed E-state index contributed by atoms with van der Waals surface area (Å²) in [4.78, 5) is 16.4. The van der Waals surface area contributed by atoms with E-state index in [2.05, 4.69) is 36.3 Å². The Balaban J connectivity index is 1.84. The Hall–Kier alpha value is -1.39. The van der Waals surface area contributed by atoms with Gasteiger partial charge in [0, 0.05) is 13.1 Å². The van der Waals surface area contributed by atoms with Gasteiger partial charge in [0.2, 0.25) is 5.91 Å². The largest absolute Gasteiger partial charge is 0.327 e. The predicted molar refractivity (Wildman–Crippen MR) is 76.8 cm³/mol. The maximum atomic E-state index is 12.3. The van der Waals surface area contributed by atoms with E-state index in [-0.39, 0.29) is 11.9 Å². The first-order valence-corrected chi connectivity index (χ1v) is 6.95. The van der Waals surface area contributed by atoms with Crippen molar-refractivity contribution >= 4 is 5.91 Å². The van der Waals surface area contributed by atoms with Crippen LogP contribution in [0.2, 0.25) is 0 Å². The highest BCUT2D eigenvalue weighted by Gasteiger charge is 2.30. The summed E-state index contributed by atoms with van der Waals surface area (Å²) in [6.45, 7) is 5.56. The lowest BCUT2D eigenvalue weighted by atomic mass is 10.1. The Morgan fingerprint density at radius 1 is 1.37 bits per heavy atom. The maximum Gasteiger partial charge on any atom is 0.241 e. The molecule has 0 aromatic heterocycles. The van der Waals surface area contributed by atoms with Crippen molar-refractivity contribution in [2.45, 2.75) is 19.4 Å². The molecule has 104 valence electrons. The van der Waals surface area contributed by atoms with E-state index in [4.69, 9.17) is 0 Å². The number of likely N-dealkylation sites (N-methyl/N-ethyl adjacent to an activating group) is 1. The molecule has 1 N–H and O–H groups in total. The Labute approximate surface area is 115 Å². The molecule has 1 aromatic rings. The van der Waals surface area contributed by atoms with Gasteiger partial charge in [-0.3, -0.25) is 10.1 Å². The molecule has 1 aliphatic heterocycles. The zero-order valence-electron chi connectivity index (χ0n) is 11.8. The van der Waals surface area contributed by atoms with E-state index in [0.29, 0.717) is 6.67 Å². The molecule has 1 unspecified atom stereocenters. The molecule has 1 aromatic carbocycles. The molecule has 1 amide bonds. The van der Waals surface area contributed by atoms with Crippen molar-refractivity contribution in [1.29, 1.82) is 0 Å². The SMILES string of the molecule is CCN(C)CCN1CNC(Cc2ccccc2)C1=O. The lowest BCUT2D eigenvalue weighted by molar-refractivity contribution is -0.129. The van der Waals surface area contributed by atoms with E-state index in [0.717, 1.165) is 26.1 Å². The summed E-state index contributed by atoms with van der Waals surface area (Å²) in [5, 5.41) is 3.30. The Kier molecular flexibility index (Phi) is 4.93. The van der Waals surface area contributed by atoms with E-state index in [1.165, 1.54) is 5.56 Å². The van der Waals surface area contributed by atoms with Crippen LogP contribution in [0.4, 0.5) is 0 Å². The molecule has 1 saturated heterocycles. The van der Waals surface area contributed by atoms with Crippen molar-refractivity contribution in [3.05, 3.63) is 35.9 Å². The minimum atomic E-state index is -0.0608. The Bertz CT molecular complexity index is 407. The van der Waals surface area contributed by atoms with Gasteiger partial charge in [0.1, 0.15) is 0 Å². The van der Waals surface area contributed by atoms with Crippen molar-refractivity contribution in [3.8, 4) is 0 Å². The lowest BCUT2D eigenvalue weighted by Crippen LogP contribution is -2.36. The predicted octanol–water partition coefficient (Wildman–Crippen LogP) is 0.939. The number of rotatable bonds is 6. The monoisotopic (exact) mass is 261 g/mol. The molecule has 1 atom stereocenters. The molecular weight excluding hydrogens is 238 g/mol. The summed E-state index contributed by atoms with van der Waals surface area (Å²) in [5.74, 6) is 0.230. The van der Waals surface area contributed by atoms with Gasteiger partial charge in [-0.15, -0.1) is 0 Å². The third-order valence-corrected chi connectivity index (χ3v) is 3.71. The van der Waals surface area contributed by atoms with Crippen LogP contribution in [0.3, 0.4) is 0 Å². The van der Waals surface area contributed by atoms with E-state index < -0.39 is 0 Å².